The molecule has 0 radical (unpaired) electrons. The van der Waals surface area contributed by atoms with Gasteiger partial charge in [-0.2, -0.15) is 0 Å². The van der Waals surface area contributed by atoms with Gasteiger partial charge in [0.1, 0.15) is 6.61 Å². The second-order valence-corrected chi connectivity index (χ2v) is 15.7. The summed E-state index contributed by atoms with van der Waals surface area (Å²) in [5.74, 6) is -0.840. The van der Waals surface area contributed by atoms with Gasteiger partial charge in [0.15, 0.2) is 6.10 Å². The Kier molecular flexibility index (Phi) is 38.1. The summed E-state index contributed by atoms with van der Waals surface area (Å²) < 4.78 is 32.7. The quantitative estimate of drug-likeness (QED) is 0.0271. The van der Waals surface area contributed by atoms with E-state index in [0.717, 1.165) is 64.2 Å². The minimum absolute atomic E-state index is 0.0528. The van der Waals surface area contributed by atoms with E-state index in [1.165, 1.54) is 103 Å². The molecule has 52 heavy (non-hydrogen) atoms. The van der Waals surface area contributed by atoms with Crippen molar-refractivity contribution in [2.45, 2.75) is 206 Å². The molecular weight excluding hydrogens is 677 g/mol. The van der Waals surface area contributed by atoms with Crippen molar-refractivity contribution in [1.82, 2.24) is 0 Å². The number of phosphoric ester groups is 1. The molecule has 0 aliphatic heterocycles. The molecule has 0 aliphatic rings. The average Bonchev–Trinajstić information content (AvgIpc) is 3.13. The predicted octanol–water partition coefficient (Wildman–Crippen LogP) is 12.0. The first-order valence-electron chi connectivity index (χ1n) is 21.3. The van der Waals surface area contributed by atoms with Crippen LogP contribution < -0.4 is 5.73 Å². The van der Waals surface area contributed by atoms with Gasteiger partial charge in [0.2, 0.25) is 0 Å². The van der Waals surface area contributed by atoms with Gasteiger partial charge in [0.25, 0.3) is 0 Å². The smallest absolute Gasteiger partial charge is 0.462 e. The fourth-order valence-corrected chi connectivity index (χ4v) is 6.63. The molecule has 0 aliphatic carbocycles. The van der Waals surface area contributed by atoms with Gasteiger partial charge in [-0.3, -0.25) is 18.6 Å². The number of unbranched alkanes of at least 4 members (excludes halogenated alkanes) is 23. The fourth-order valence-electron chi connectivity index (χ4n) is 5.87. The van der Waals surface area contributed by atoms with Crippen molar-refractivity contribution >= 4 is 19.8 Å². The van der Waals surface area contributed by atoms with Gasteiger partial charge < -0.3 is 20.1 Å². The molecule has 0 saturated heterocycles. The Morgan fingerprint density at radius 3 is 1.44 bits per heavy atom. The number of hydrogen-bond acceptors (Lipinski definition) is 8. The van der Waals surface area contributed by atoms with Crippen LogP contribution in [0.25, 0.3) is 0 Å². The number of esters is 2. The summed E-state index contributed by atoms with van der Waals surface area (Å²) in [6.45, 7) is 3.66. The Bertz CT molecular complexity index is 912. The van der Waals surface area contributed by atoms with E-state index >= 15 is 0 Å². The summed E-state index contributed by atoms with van der Waals surface area (Å²) >= 11 is 0. The lowest BCUT2D eigenvalue weighted by molar-refractivity contribution is -0.161. The molecular formula is C42H80NO8P. The van der Waals surface area contributed by atoms with Gasteiger partial charge in [-0.15, -0.1) is 0 Å². The Hall–Kier alpha value is -1.51. The lowest BCUT2D eigenvalue weighted by Crippen LogP contribution is -2.29. The molecule has 306 valence electrons. The zero-order chi connectivity index (χ0) is 38.2. The van der Waals surface area contributed by atoms with E-state index < -0.39 is 32.5 Å². The zero-order valence-corrected chi connectivity index (χ0v) is 34.4. The Morgan fingerprint density at radius 2 is 0.981 bits per heavy atom. The first-order chi connectivity index (χ1) is 25.3. The van der Waals surface area contributed by atoms with Crippen LogP contribution in [0.4, 0.5) is 0 Å². The van der Waals surface area contributed by atoms with Crippen molar-refractivity contribution in [1.29, 1.82) is 0 Å². The maximum absolute atomic E-state index is 12.6. The van der Waals surface area contributed by atoms with Crippen LogP contribution in [0.1, 0.15) is 200 Å². The Morgan fingerprint density at radius 1 is 0.558 bits per heavy atom. The van der Waals surface area contributed by atoms with E-state index in [0.29, 0.717) is 6.42 Å². The first-order valence-corrected chi connectivity index (χ1v) is 22.8. The predicted molar refractivity (Wildman–Crippen MR) is 215 cm³/mol. The summed E-state index contributed by atoms with van der Waals surface area (Å²) in [5.41, 5.74) is 5.34. The summed E-state index contributed by atoms with van der Waals surface area (Å²) in [7, 11) is -4.37. The maximum Gasteiger partial charge on any atom is 0.472 e. The summed E-state index contributed by atoms with van der Waals surface area (Å²) in [4.78, 5) is 34.7. The number of carbonyl (C=O) groups excluding carboxylic acids is 2. The minimum Gasteiger partial charge on any atom is -0.462 e. The van der Waals surface area contributed by atoms with Crippen molar-refractivity contribution in [2.24, 2.45) is 5.73 Å². The van der Waals surface area contributed by atoms with Gasteiger partial charge in [0.05, 0.1) is 13.2 Å². The molecule has 0 fully saturated rings. The fraction of sp³-hybridized carbons (Fsp3) is 0.857. The Balaban J connectivity index is 4.07. The topological polar surface area (TPSA) is 134 Å². The maximum atomic E-state index is 12.6. The van der Waals surface area contributed by atoms with Crippen molar-refractivity contribution in [3.8, 4) is 0 Å². The SMILES string of the molecule is CCC/C=C\CCCCCCCC(=O)OCC(COP(=O)(O)OCCN)OC(=O)CCCCCCCCCCC/C=C\CCCCCCCCCC. The average molecular weight is 758 g/mol. The minimum atomic E-state index is -4.37. The van der Waals surface area contributed by atoms with Gasteiger partial charge in [-0.05, 0) is 57.8 Å². The summed E-state index contributed by atoms with van der Waals surface area (Å²) in [6.07, 6.45) is 40.8. The molecule has 0 rings (SSSR count). The number of allylic oxidation sites excluding steroid dienone is 4. The van der Waals surface area contributed by atoms with E-state index in [9.17, 15) is 19.0 Å². The summed E-state index contributed by atoms with van der Waals surface area (Å²) in [5, 5.41) is 0. The monoisotopic (exact) mass is 758 g/mol. The molecule has 0 amide bonds. The number of hydrogen-bond donors (Lipinski definition) is 2. The van der Waals surface area contributed by atoms with Crippen LogP contribution in [0.15, 0.2) is 24.3 Å². The molecule has 3 N–H and O–H groups in total. The Labute approximate surface area is 319 Å². The highest BCUT2D eigenvalue weighted by Gasteiger charge is 2.26. The van der Waals surface area contributed by atoms with E-state index in [1.54, 1.807) is 0 Å². The third-order valence-electron chi connectivity index (χ3n) is 9.04. The molecule has 10 heteroatoms. The van der Waals surface area contributed by atoms with Gasteiger partial charge >= 0.3 is 19.8 Å². The lowest BCUT2D eigenvalue weighted by Gasteiger charge is -2.19. The standard InChI is InChI=1S/C42H80NO8P/c1-3-5-7-9-11-13-15-16-17-18-19-20-21-22-23-24-25-27-29-31-33-35-42(45)51-40(39-50-52(46,47)49-37-36-43)38-48-41(44)34-32-30-28-26-14-12-10-8-6-4-2/h8,10,18-19,40H,3-7,9,11-17,20-39,43H2,1-2H3,(H,46,47)/b10-8-,19-18-. The second kappa shape index (κ2) is 39.2. The zero-order valence-electron chi connectivity index (χ0n) is 33.6. The molecule has 2 unspecified atom stereocenters. The van der Waals surface area contributed by atoms with Crippen molar-refractivity contribution in [3.05, 3.63) is 24.3 Å². The normalized spacial score (nSPS) is 13.5. The van der Waals surface area contributed by atoms with Crippen molar-refractivity contribution < 1.29 is 37.6 Å². The molecule has 0 aromatic carbocycles. The largest absolute Gasteiger partial charge is 0.472 e. The van der Waals surface area contributed by atoms with Crippen LogP contribution in [-0.2, 0) is 32.7 Å². The summed E-state index contributed by atoms with van der Waals surface area (Å²) in [6, 6.07) is 0. The van der Waals surface area contributed by atoms with Gasteiger partial charge in [-0.1, -0.05) is 154 Å². The van der Waals surface area contributed by atoms with Crippen LogP contribution in [0, 0.1) is 0 Å². The molecule has 0 heterocycles. The third kappa shape index (κ3) is 38.2. The number of rotatable bonds is 40. The van der Waals surface area contributed by atoms with Crippen LogP contribution >= 0.6 is 7.82 Å². The molecule has 0 aromatic rings. The highest BCUT2D eigenvalue weighted by atomic mass is 31.2. The second-order valence-electron chi connectivity index (χ2n) is 14.2. The first kappa shape index (κ1) is 50.5. The molecule has 2 atom stereocenters. The molecule has 0 bridgehead atoms. The molecule has 0 spiro atoms. The molecule has 9 nitrogen and oxygen atoms in total. The highest BCUT2D eigenvalue weighted by Crippen LogP contribution is 2.43. The number of carbonyl (C=O) groups is 2. The van der Waals surface area contributed by atoms with E-state index in [2.05, 4.69) is 38.2 Å². The van der Waals surface area contributed by atoms with Gasteiger partial charge in [0, 0.05) is 19.4 Å². The molecule has 0 aromatic heterocycles. The lowest BCUT2D eigenvalue weighted by atomic mass is 10.1. The van der Waals surface area contributed by atoms with Crippen molar-refractivity contribution in [2.75, 3.05) is 26.4 Å². The number of nitrogens with two attached hydrogens (primary N) is 1. The van der Waals surface area contributed by atoms with E-state index in [4.69, 9.17) is 24.3 Å². The van der Waals surface area contributed by atoms with Crippen LogP contribution in [0.3, 0.4) is 0 Å². The van der Waals surface area contributed by atoms with E-state index in [-0.39, 0.29) is 32.6 Å². The van der Waals surface area contributed by atoms with Crippen LogP contribution in [0.5, 0.6) is 0 Å². The van der Waals surface area contributed by atoms with Crippen molar-refractivity contribution in [3.63, 3.8) is 0 Å². The molecule has 0 saturated carbocycles. The number of ether oxygens (including phenoxy) is 2. The van der Waals surface area contributed by atoms with E-state index in [1.807, 2.05) is 0 Å². The third-order valence-corrected chi connectivity index (χ3v) is 10.0. The van der Waals surface area contributed by atoms with Crippen LogP contribution in [-0.4, -0.2) is 49.3 Å². The van der Waals surface area contributed by atoms with Gasteiger partial charge in [-0.25, -0.2) is 4.57 Å². The number of phosphoric acid groups is 1. The van der Waals surface area contributed by atoms with Crippen LogP contribution in [0.2, 0.25) is 0 Å². The highest BCUT2D eigenvalue weighted by molar-refractivity contribution is 7.47.